The highest BCUT2D eigenvalue weighted by Crippen LogP contribution is 2.24. The molecule has 2 atom stereocenters. The molecule has 0 spiro atoms. The zero-order valence-electron chi connectivity index (χ0n) is 18.3. The Kier molecular flexibility index (Phi) is 9.07. The summed E-state index contributed by atoms with van der Waals surface area (Å²) in [4.78, 5) is 50.1. The zero-order valence-corrected chi connectivity index (χ0v) is 18.3. The lowest BCUT2D eigenvalue weighted by molar-refractivity contribution is -0.158. The number of esters is 1. The number of nitrogens with one attached hydrogen (secondary N) is 1. The normalized spacial score (nSPS) is 17.1. The van der Waals surface area contributed by atoms with E-state index in [1.807, 2.05) is 20.8 Å². The fraction of sp³-hybridized carbons (Fsp3) is 0.800. The molecule has 1 unspecified atom stereocenters. The van der Waals surface area contributed by atoms with Crippen LogP contribution in [0.5, 0.6) is 0 Å². The Morgan fingerprint density at radius 1 is 1.10 bits per heavy atom. The number of carbonyl (C=O) groups excluding carboxylic acids is 4. The molecule has 1 saturated heterocycles. The topological polar surface area (TPSA) is 111 Å². The first-order valence-electron chi connectivity index (χ1n) is 9.82. The van der Waals surface area contributed by atoms with E-state index >= 15 is 0 Å². The number of nitrogens with zero attached hydrogens (tertiary/aromatic N) is 1. The molecular weight excluding hydrogens is 380 g/mol. The number of carbonyl (C=O) groups is 4. The summed E-state index contributed by atoms with van der Waals surface area (Å²) in [6.45, 7) is 12.6. The van der Waals surface area contributed by atoms with Gasteiger partial charge in [0.1, 0.15) is 17.9 Å². The summed E-state index contributed by atoms with van der Waals surface area (Å²) in [6.07, 6.45) is -1.39. The third-order valence-corrected chi connectivity index (χ3v) is 3.96. The van der Waals surface area contributed by atoms with Gasteiger partial charge in [-0.25, -0.2) is 9.59 Å². The van der Waals surface area contributed by atoms with Crippen molar-refractivity contribution in [2.24, 2.45) is 5.41 Å². The lowest BCUT2D eigenvalue weighted by atomic mass is 9.88. The van der Waals surface area contributed by atoms with Crippen LogP contribution in [0.4, 0.5) is 4.79 Å². The molecule has 0 saturated carbocycles. The highest BCUT2D eigenvalue weighted by atomic mass is 16.6. The molecule has 29 heavy (non-hydrogen) atoms. The Hall–Kier alpha value is -2.16. The van der Waals surface area contributed by atoms with E-state index in [-0.39, 0.29) is 17.7 Å². The largest absolute Gasteiger partial charge is 0.458 e. The second-order valence-corrected chi connectivity index (χ2v) is 9.23. The van der Waals surface area contributed by atoms with Crippen molar-refractivity contribution in [2.75, 3.05) is 26.3 Å². The summed E-state index contributed by atoms with van der Waals surface area (Å²) < 4.78 is 15.9. The molecule has 1 heterocycles. The van der Waals surface area contributed by atoms with Crippen molar-refractivity contribution in [3.8, 4) is 0 Å². The summed E-state index contributed by atoms with van der Waals surface area (Å²) in [7, 11) is 0. The Bertz CT molecular complexity index is 587. The molecule has 0 aromatic rings. The number of hydrogen-bond acceptors (Lipinski definition) is 7. The van der Waals surface area contributed by atoms with Crippen LogP contribution in [0.15, 0.2) is 0 Å². The van der Waals surface area contributed by atoms with E-state index in [4.69, 9.17) is 14.2 Å². The Balaban J connectivity index is 2.84. The molecule has 9 heteroatoms. The van der Waals surface area contributed by atoms with Crippen molar-refractivity contribution in [1.82, 2.24) is 10.2 Å². The summed E-state index contributed by atoms with van der Waals surface area (Å²) in [5.74, 6) is -1.05. The van der Waals surface area contributed by atoms with Gasteiger partial charge in [0.25, 0.3) is 5.91 Å². The van der Waals surface area contributed by atoms with Crippen LogP contribution in [0.2, 0.25) is 0 Å². The van der Waals surface area contributed by atoms with Gasteiger partial charge >= 0.3 is 12.1 Å². The second-order valence-electron chi connectivity index (χ2n) is 9.23. The number of aldehydes is 1. The lowest BCUT2D eigenvalue weighted by Gasteiger charge is -2.32. The van der Waals surface area contributed by atoms with Crippen LogP contribution >= 0.6 is 0 Å². The minimum absolute atomic E-state index is 0.259. The second kappa shape index (κ2) is 10.6. The van der Waals surface area contributed by atoms with E-state index in [9.17, 15) is 19.2 Å². The maximum Gasteiger partial charge on any atom is 0.408 e. The Morgan fingerprint density at radius 3 is 2.17 bits per heavy atom. The molecule has 1 aliphatic rings. The SMILES string of the molecule is CC(C)(C)C[C@H](OC(=O)NC(CC=O)C(=O)OC(C)(C)C)C(=O)N1CCOCC1. The predicted octanol–water partition coefficient (Wildman–Crippen LogP) is 1.68. The lowest BCUT2D eigenvalue weighted by Crippen LogP contribution is -2.50. The van der Waals surface area contributed by atoms with E-state index in [0.717, 1.165) is 0 Å². The van der Waals surface area contributed by atoms with Gasteiger partial charge in [0, 0.05) is 19.5 Å². The average Bonchev–Trinajstić information content (AvgIpc) is 2.58. The number of rotatable bonds is 7. The molecule has 0 aromatic carbocycles. The van der Waals surface area contributed by atoms with Gasteiger partial charge in [-0.15, -0.1) is 0 Å². The van der Waals surface area contributed by atoms with Crippen LogP contribution in [0, 0.1) is 5.41 Å². The standard InChI is InChI=1S/C20H34N2O7/c1-19(2,3)13-15(16(24)22-8-11-27-12-9-22)28-18(26)21-14(7-10-23)17(25)29-20(4,5)6/h10,14-15H,7-9,11-13H2,1-6H3,(H,21,26)/t14?,15-/m0/s1. The molecule has 0 aliphatic carbocycles. The molecule has 1 aliphatic heterocycles. The van der Waals surface area contributed by atoms with Crippen LogP contribution in [0.25, 0.3) is 0 Å². The minimum Gasteiger partial charge on any atom is -0.458 e. The fourth-order valence-corrected chi connectivity index (χ4v) is 2.71. The molecular formula is C20H34N2O7. The number of ether oxygens (including phenoxy) is 3. The van der Waals surface area contributed by atoms with Crippen LogP contribution in [-0.4, -0.2) is 73.2 Å². The number of alkyl carbamates (subject to hydrolysis) is 1. The van der Waals surface area contributed by atoms with Gasteiger partial charge in [0.2, 0.25) is 0 Å². The first kappa shape index (κ1) is 24.9. The van der Waals surface area contributed by atoms with Gasteiger partial charge in [-0.1, -0.05) is 20.8 Å². The molecule has 166 valence electrons. The Morgan fingerprint density at radius 2 is 1.69 bits per heavy atom. The number of morpholine rings is 1. The highest BCUT2D eigenvalue weighted by Gasteiger charge is 2.34. The van der Waals surface area contributed by atoms with E-state index in [1.165, 1.54) is 0 Å². The van der Waals surface area contributed by atoms with Crippen molar-refractivity contribution in [1.29, 1.82) is 0 Å². The van der Waals surface area contributed by atoms with Crippen LogP contribution < -0.4 is 5.32 Å². The maximum absolute atomic E-state index is 12.9. The average molecular weight is 414 g/mol. The van der Waals surface area contributed by atoms with Crippen molar-refractivity contribution < 1.29 is 33.4 Å². The monoisotopic (exact) mass is 414 g/mol. The molecule has 0 aromatic heterocycles. The highest BCUT2D eigenvalue weighted by molar-refractivity contribution is 5.86. The van der Waals surface area contributed by atoms with Gasteiger partial charge in [-0.05, 0) is 32.6 Å². The van der Waals surface area contributed by atoms with Crippen molar-refractivity contribution in [3.63, 3.8) is 0 Å². The minimum atomic E-state index is -1.19. The molecule has 1 rings (SSSR count). The fourth-order valence-electron chi connectivity index (χ4n) is 2.71. The van der Waals surface area contributed by atoms with Crippen LogP contribution in [0.3, 0.4) is 0 Å². The third-order valence-electron chi connectivity index (χ3n) is 3.96. The Labute approximate surface area is 172 Å². The molecule has 9 nitrogen and oxygen atoms in total. The smallest absolute Gasteiger partial charge is 0.408 e. The van der Waals surface area contributed by atoms with Crippen molar-refractivity contribution >= 4 is 24.3 Å². The summed E-state index contributed by atoms with van der Waals surface area (Å²) in [6, 6.07) is -1.19. The van der Waals surface area contributed by atoms with Gasteiger partial charge in [0.05, 0.1) is 13.2 Å². The first-order chi connectivity index (χ1) is 13.3. The maximum atomic E-state index is 12.9. The molecule has 0 radical (unpaired) electrons. The molecule has 1 fully saturated rings. The molecule has 0 bridgehead atoms. The summed E-state index contributed by atoms with van der Waals surface area (Å²) in [5.41, 5.74) is -1.05. The van der Waals surface area contributed by atoms with Crippen LogP contribution in [-0.2, 0) is 28.6 Å². The zero-order chi connectivity index (χ0) is 22.2. The number of hydrogen-bond donors (Lipinski definition) is 1. The molecule has 2 amide bonds. The van der Waals surface area contributed by atoms with Gasteiger partial charge in [0.15, 0.2) is 6.10 Å². The summed E-state index contributed by atoms with van der Waals surface area (Å²) in [5, 5.41) is 2.35. The van der Waals surface area contributed by atoms with E-state index in [2.05, 4.69) is 5.32 Å². The van der Waals surface area contributed by atoms with Crippen molar-refractivity contribution in [3.05, 3.63) is 0 Å². The van der Waals surface area contributed by atoms with E-state index in [0.29, 0.717) is 39.0 Å². The van der Waals surface area contributed by atoms with Crippen molar-refractivity contribution in [2.45, 2.75) is 72.1 Å². The quantitative estimate of drug-likeness (QED) is 0.498. The van der Waals surface area contributed by atoms with Gasteiger partial charge in [-0.3, -0.25) is 4.79 Å². The summed E-state index contributed by atoms with van der Waals surface area (Å²) >= 11 is 0. The number of amides is 2. The predicted molar refractivity (Wildman–Crippen MR) is 105 cm³/mol. The van der Waals surface area contributed by atoms with E-state index in [1.54, 1.807) is 25.7 Å². The van der Waals surface area contributed by atoms with E-state index < -0.39 is 29.8 Å². The third kappa shape index (κ3) is 9.74. The van der Waals surface area contributed by atoms with Gasteiger partial charge < -0.3 is 29.2 Å². The van der Waals surface area contributed by atoms with Crippen LogP contribution in [0.1, 0.15) is 54.4 Å². The van der Waals surface area contributed by atoms with Gasteiger partial charge in [-0.2, -0.15) is 0 Å². The first-order valence-corrected chi connectivity index (χ1v) is 9.82. The molecule has 1 N–H and O–H groups in total.